The molecule has 1 atom stereocenters. The number of para-hydroxylation sites is 1. The van der Waals surface area contributed by atoms with Crippen LogP contribution in [0.1, 0.15) is 18.3 Å². The molecule has 0 aliphatic rings. The smallest absolute Gasteiger partial charge is 0.253 e. The number of nitrogens with one attached hydrogen (secondary N) is 2. The molecule has 0 spiro atoms. The van der Waals surface area contributed by atoms with Gasteiger partial charge in [-0.05, 0) is 54.1 Å². The highest BCUT2D eigenvalue weighted by Crippen LogP contribution is 2.26. The maximum Gasteiger partial charge on any atom is 0.253 e. The van der Waals surface area contributed by atoms with E-state index in [-0.39, 0.29) is 5.91 Å². The first-order valence-electron chi connectivity index (χ1n) is 12.0. The number of amides is 1. The molecule has 0 saturated carbocycles. The van der Waals surface area contributed by atoms with Crippen LogP contribution in [0.5, 0.6) is 0 Å². The van der Waals surface area contributed by atoms with Crippen molar-refractivity contribution in [1.82, 2.24) is 20.2 Å². The van der Waals surface area contributed by atoms with Crippen molar-refractivity contribution >= 4 is 51.9 Å². The van der Waals surface area contributed by atoms with Crippen molar-refractivity contribution in [2.24, 2.45) is 5.10 Å². The number of hydrogen-bond acceptors (Lipinski definition) is 6. The fourth-order valence-electron chi connectivity index (χ4n) is 3.91. The molecule has 0 saturated heterocycles. The molecule has 9 heteroatoms. The number of thioether (sulfide) groups is 1. The second-order valence-electron chi connectivity index (χ2n) is 8.49. The second kappa shape index (κ2) is 11.9. The molecule has 4 aromatic carbocycles. The third kappa shape index (κ3) is 6.04. The summed E-state index contributed by atoms with van der Waals surface area (Å²) in [5.74, 6) is 0.491. The van der Waals surface area contributed by atoms with E-state index in [0.717, 1.165) is 33.5 Å². The highest BCUT2D eigenvalue weighted by Gasteiger charge is 2.21. The van der Waals surface area contributed by atoms with Gasteiger partial charge in [-0.15, -0.1) is 10.2 Å². The minimum absolute atomic E-state index is 0.227. The normalized spacial score (nSPS) is 12.1. The number of benzene rings is 4. The van der Waals surface area contributed by atoms with Gasteiger partial charge in [0.05, 0.1) is 18.0 Å². The zero-order valence-electron chi connectivity index (χ0n) is 20.6. The van der Waals surface area contributed by atoms with Crippen LogP contribution in [0.4, 0.5) is 5.69 Å². The first-order chi connectivity index (χ1) is 18.6. The third-order valence-electron chi connectivity index (χ3n) is 5.86. The highest BCUT2D eigenvalue weighted by atomic mass is 35.5. The fraction of sp³-hybridized carbons (Fsp3) is 0.103. The van der Waals surface area contributed by atoms with Crippen LogP contribution in [-0.4, -0.2) is 32.1 Å². The van der Waals surface area contributed by atoms with E-state index in [9.17, 15) is 4.79 Å². The molecule has 5 rings (SSSR count). The van der Waals surface area contributed by atoms with E-state index in [1.54, 1.807) is 6.21 Å². The topological polar surface area (TPSA) is 84.2 Å². The Morgan fingerprint density at radius 3 is 2.53 bits per heavy atom. The Kier molecular flexibility index (Phi) is 8.01. The molecule has 1 aromatic heterocycles. The number of hydrazone groups is 1. The Balaban J connectivity index is 1.29. The van der Waals surface area contributed by atoms with Crippen LogP contribution in [-0.2, 0) is 11.3 Å². The van der Waals surface area contributed by atoms with E-state index in [1.165, 1.54) is 11.8 Å². The molecular formula is C29H25ClN6OS. The van der Waals surface area contributed by atoms with Crippen molar-refractivity contribution in [3.63, 3.8) is 0 Å². The Bertz CT molecular complexity index is 1560. The lowest BCUT2D eigenvalue weighted by molar-refractivity contribution is -0.120. The zero-order chi connectivity index (χ0) is 26.3. The first kappa shape index (κ1) is 25.5. The van der Waals surface area contributed by atoms with Gasteiger partial charge in [-0.2, -0.15) is 5.10 Å². The van der Waals surface area contributed by atoms with Crippen LogP contribution < -0.4 is 10.7 Å². The molecule has 1 heterocycles. The fourth-order valence-corrected chi connectivity index (χ4v) is 4.91. The molecule has 0 fully saturated rings. The van der Waals surface area contributed by atoms with Gasteiger partial charge in [0.1, 0.15) is 0 Å². The predicted molar refractivity (Wildman–Crippen MR) is 155 cm³/mol. The molecule has 0 aliphatic carbocycles. The Labute approximate surface area is 229 Å². The molecule has 0 aliphatic heterocycles. The number of fused-ring (bicyclic) bond motifs is 1. The maximum atomic E-state index is 12.9. The molecule has 2 N–H and O–H groups in total. The largest absolute Gasteiger partial charge is 0.378 e. The SMILES string of the molecule is CC(Sc1nnc(CNc2ccc(Cl)cc2)n1-c1ccccc1)C(=O)NN=Cc1cccc2ccccc12. The van der Waals surface area contributed by atoms with E-state index in [4.69, 9.17) is 11.6 Å². The number of carbonyl (C=O) groups is 1. The van der Waals surface area contributed by atoms with Gasteiger partial charge in [-0.3, -0.25) is 9.36 Å². The molecule has 5 aromatic rings. The summed E-state index contributed by atoms with van der Waals surface area (Å²) in [5, 5.41) is 19.4. The summed E-state index contributed by atoms with van der Waals surface area (Å²) in [6.07, 6.45) is 1.67. The van der Waals surface area contributed by atoms with Crippen LogP contribution in [0.25, 0.3) is 16.5 Å². The summed E-state index contributed by atoms with van der Waals surface area (Å²) in [7, 11) is 0. The quantitative estimate of drug-likeness (QED) is 0.130. The second-order valence-corrected chi connectivity index (χ2v) is 10.2. The maximum absolute atomic E-state index is 12.9. The minimum atomic E-state index is -0.455. The minimum Gasteiger partial charge on any atom is -0.378 e. The molecular weight excluding hydrogens is 516 g/mol. The van der Waals surface area contributed by atoms with E-state index >= 15 is 0 Å². The number of rotatable bonds is 9. The van der Waals surface area contributed by atoms with Crippen LogP contribution in [0, 0.1) is 0 Å². The molecule has 1 unspecified atom stereocenters. The summed E-state index contributed by atoms with van der Waals surface area (Å²) in [6, 6.07) is 31.4. The number of halogens is 1. The average Bonchev–Trinajstić information content (AvgIpc) is 3.35. The van der Waals surface area contributed by atoms with Gasteiger partial charge in [0, 0.05) is 22.0 Å². The number of aromatic nitrogens is 3. The Morgan fingerprint density at radius 2 is 1.71 bits per heavy atom. The van der Waals surface area contributed by atoms with Gasteiger partial charge < -0.3 is 5.32 Å². The summed E-state index contributed by atoms with van der Waals surface area (Å²) >= 11 is 7.32. The number of hydrogen-bond donors (Lipinski definition) is 2. The average molecular weight is 541 g/mol. The van der Waals surface area contributed by atoms with E-state index in [2.05, 4.69) is 26.0 Å². The molecule has 7 nitrogen and oxygen atoms in total. The van der Waals surface area contributed by atoms with Crippen LogP contribution in [0.2, 0.25) is 5.02 Å². The van der Waals surface area contributed by atoms with Crippen molar-refractivity contribution in [1.29, 1.82) is 0 Å². The van der Waals surface area contributed by atoms with Crippen molar-refractivity contribution in [2.75, 3.05) is 5.32 Å². The van der Waals surface area contributed by atoms with E-state index < -0.39 is 5.25 Å². The lowest BCUT2D eigenvalue weighted by Crippen LogP contribution is -2.27. The van der Waals surface area contributed by atoms with Crippen molar-refractivity contribution < 1.29 is 4.79 Å². The Morgan fingerprint density at radius 1 is 0.974 bits per heavy atom. The summed E-state index contributed by atoms with van der Waals surface area (Å²) < 4.78 is 1.96. The molecule has 0 radical (unpaired) electrons. The van der Waals surface area contributed by atoms with Gasteiger partial charge in [-0.1, -0.05) is 84.0 Å². The van der Waals surface area contributed by atoms with Gasteiger partial charge in [0.25, 0.3) is 5.91 Å². The molecule has 38 heavy (non-hydrogen) atoms. The summed E-state index contributed by atoms with van der Waals surface area (Å²) in [4.78, 5) is 12.9. The van der Waals surface area contributed by atoms with Gasteiger partial charge in [0.2, 0.25) is 0 Å². The lowest BCUT2D eigenvalue weighted by Gasteiger charge is -2.13. The number of carbonyl (C=O) groups excluding carboxylic acids is 1. The van der Waals surface area contributed by atoms with Gasteiger partial charge in [0.15, 0.2) is 11.0 Å². The Hall–Kier alpha value is -4.14. The van der Waals surface area contributed by atoms with E-state index in [0.29, 0.717) is 16.7 Å². The molecule has 190 valence electrons. The predicted octanol–water partition coefficient (Wildman–Crippen LogP) is 6.32. The van der Waals surface area contributed by atoms with Crippen LogP contribution in [0.15, 0.2) is 107 Å². The van der Waals surface area contributed by atoms with Crippen molar-refractivity contribution in [3.8, 4) is 5.69 Å². The lowest BCUT2D eigenvalue weighted by atomic mass is 10.1. The number of anilines is 1. The molecule has 1 amide bonds. The van der Waals surface area contributed by atoms with Crippen LogP contribution >= 0.6 is 23.4 Å². The van der Waals surface area contributed by atoms with Gasteiger partial charge >= 0.3 is 0 Å². The summed E-state index contributed by atoms with van der Waals surface area (Å²) in [6.45, 7) is 2.27. The molecule has 0 bridgehead atoms. The monoisotopic (exact) mass is 540 g/mol. The number of nitrogens with zero attached hydrogens (tertiary/aromatic N) is 4. The standard InChI is InChI=1S/C29H25ClN6OS/c1-20(28(37)34-32-18-22-10-7-9-21-8-5-6-13-26(21)22)38-29-35-33-27(36(29)25-11-3-2-4-12-25)19-31-24-16-14-23(30)15-17-24/h2-18,20,31H,19H2,1H3,(H,34,37). The highest BCUT2D eigenvalue weighted by molar-refractivity contribution is 8.00. The zero-order valence-corrected chi connectivity index (χ0v) is 22.2. The first-order valence-corrected chi connectivity index (χ1v) is 13.3. The van der Waals surface area contributed by atoms with Crippen molar-refractivity contribution in [3.05, 3.63) is 113 Å². The summed E-state index contributed by atoms with van der Waals surface area (Å²) in [5.41, 5.74) is 5.43. The van der Waals surface area contributed by atoms with Crippen LogP contribution in [0.3, 0.4) is 0 Å². The van der Waals surface area contributed by atoms with E-state index in [1.807, 2.05) is 109 Å². The van der Waals surface area contributed by atoms with Gasteiger partial charge in [-0.25, -0.2) is 5.43 Å². The third-order valence-corrected chi connectivity index (χ3v) is 7.16. The van der Waals surface area contributed by atoms with Crippen molar-refractivity contribution in [2.45, 2.75) is 23.9 Å².